The molecule has 0 bridgehead atoms. The molecule has 0 radical (unpaired) electrons. The lowest BCUT2D eigenvalue weighted by atomic mass is 10.0. The lowest BCUT2D eigenvalue weighted by Crippen LogP contribution is -2.06. The SMILES string of the molecule is Cc1ccc(C(C)C)c(OCCCS(=O)(=O)Cl)c1. The molecule has 1 rings (SSSR count). The second-order valence-electron chi connectivity index (χ2n) is 4.64. The Morgan fingerprint density at radius 1 is 1.33 bits per heavy atom. The van der Waals surface area contributed by atoms with Crippen molar-refractivity contribution < 1.29 is 13.2 Å². The minimum Gasteiger partial charge on any atom is -0.493 e. The van der Waals surface area contributed by atoms with Gasteiger partial charge < -0.3 is 4.74 Å². The second kappa shape index (κ2) is 6.43. The predicted molar refractivity (Wildman–Crippen MR) is 75.0 cm³/mol. The number of hydrogen-bond acceptors (Lipinski definition) is 3. The fourth-order valence-electron chi connectivity index (χ4n) is 1.66. The lowest BCUT2D eigenvalue weighted by Gasteiger charge is -2.14. The minimum atomic E-state index is -3.42. The molecule has 0 atom stereocenters. The molecule has 0 unspecified atom stereocenters. The van der Waals surface area contributed by atoms with Gasteiger partial charge in [-0.2, -0.15) is 0 Å². The Balaban J connectivity index is 2.63. The van der Waals surface area contributed by atoms with Crippen molar-refractivity contribution in [3.05, 3.63) is 29.3 Å². The van der Waals surface area contributed by atoms with Gasteiger partial charge in [0.1, 0.15) is 5.75 Å². The van der Waals surface area contributed by atoms with Gasteiger partial charge in [-0.15, -0.1) is 0 Å². The Morgan fingerprint density at radius 3 is 2.56 bits per heavy atom. The van der Waals surface area contributed by atoms with Crippen molar-refractivity contribution in [2.45, 2.75) is 33.1 Å². The number of hydrogen-bond donors (Lipinski definition) is 0. The van der Waals surface area contributed by atoms with Gasteiger partial charge in [0.15, 0.2) is 0 Å². The van der Waals surface area contributed by atoms with Crippen LogP contribution in [0.5, 0.6) is 5.75 Å². The molecule has 5 heteroatoms. The van der Waals surface area contributed by atoms with Crippen LogP contribution in [0.15, 0.2) is 18.2 Å². The van der Waals surface area contributed by atoms with Crippen LogP contribution in [0, 0.1) is 6.92 Å². The highest BCUT2D eigenvalue weighted by Crippen LogP contribution is 2.27. The van der Waals surface area contributed by atoms with E-state index in [9.17, 15) is 8.42 Å². The topological polar surface area (TPSA) is 43.4 Å². The van der Waals surface area contributed by atoms with Crippen molar-refractivity contribution >= 4 is 19.7 Å². The predicted octanol–water partition coefficient (Wildman–Crippen LogP) is 3.46. The first-order valence-corrected chi connectivity index (χ1v) is 8.43. The summed E-state index contributed by atoms with van der Waals surface area (Å²) in [6.07, 6.45) is 0.400. The molecule has 3 nitrogen and oxygen atoms in total. The molecule has 0 N–H and O–H groups in total. The van der Waals surface area contributed by atoms with Gasteiger partial charge in [-0.25, -0.2) is 8.42 Å². The molecule has 0 aliphatic rings. The zero-order valence-electron chi connectivity index (χ0n) is 10.9. The highest BCUT2D eigenvalue weighted by Gasteiger charge is 2.09. The first kappa shape index (κ1) is 15.3. The maximum absolute atomic E-state index is 10.8. The molecule has 1 aromatic rings. The molecule has 0 aromatic heterocycles. The van der Waals surface area contributed by atoms with Crippen molar-refractivity contribution in [1.29, 1.82) is 0 Å². The van der Waals surface area contributed by atoms with Crippen LogP contribution in [0.3, 0.4) is 0 Å². The summed E-state index contributed by atoms with van der Waals surface area (Å²) in [6, 6.07) is 6.07. The molecule has 0 saturated carbocycles. The van der Waals surface area contributed by atoms with Crippen LogP contribution in [-0.2, 0) is 9.05 Å². The van der Waals surface area contributed by atoms with Crippen molar-refractivity contribution in [1.82, 2.24) is 0 Å². The second-order valence-corrected chi connectivity index (χ2v) is 7.54. The number of ether oxygens (including phenoxy) is 1. The van der Waals surface area contributed by atoms with Gasteiger partial charge in [0.25, 0.3) is 0 Å². The van der Waals surface area contributed by atoms with Crippen molar-refractivity contribution in [2.24, 2.45) is 0 Å². The van der Waals surface area contributed by atoms with Gasteiger partial charge in [-0.05, 0) is 36.5 Å². The van der Waals surface area contributed by atoms with Crippen LogP contribution in [-0.4, -0.2) is 20.8 Å². The van der Waals surface area contributed by atoms with Crippen LogP contribution in [0.4, 0.5) is 0 Å². The summed E-state index contributed by atoms with van der Waals surface area (Å²) in [4.78, 5) is 0. The molecule has 0 heterocycles. The van der Waals surface area contributed by atoms with Crippen LogP contribution in [0.1, 0.15) is 37.3 Å². The van der Waals surface area contributed by atoms with E-state index in [-0.39, 0.29) is 5.75 Å². The van der Waals surface area contributed by atoms with Crippen LogP contribution >= 0.6 is 10.7 Å². The average molecular weight is 291 g/mol. The van der Waals surface area contributed by atoms with Gasteiger partial charge in [-0.1, -0.05) is 26.0 Å². The Hall–Kier alpha value is -0.740. The monoisotopic (exact) mass is 290 g/mol. The van der Waals surface area contributed by atoms with E-state index in [1.165, 1.54) is 0 Å². The van der Waals surface area contributed by atoms with Gasteiger partial charge >= 0.3 is 0 Å². The summed E-state index contributed by atoms with van der Waals surface area (Å²) in [5.41, 5.74) is 2.26. The van der Waals surface area contributed by atoms with E-state index in [0.29, 0.717) is 18.9 Å². The third-order valence-corrected chi connectivity index (χ3v) is 3.82. The fraction of sp³-hybridized carbons (Fsp3) is 0.538. The largest absolute Gasteiger partial charge is 0.493 e. The summed E-state index contributed by atoms with van der Waals surface area (Å²) < 4.78 is 27.2. The summed E-state index contributed by atoms with van der Waals surface area (Å²) in [5, 5.41) is 0. The molecule has 0 aliphatic carbocycles. The Kier molecular flexibility index (Phi) is 5.47. The highest BCUT2D eigenvalue weighted by molar-refractivity contribution is 8.13. The quantitative estimate of drug-likeness (QED) is 0.595. The maximum atomic E-state index is 10.8. The summed E-state index contributed by atoms with van der Waals surface area (Å²) in [6.45, 7) is 6.55. The smallest absolute Gasteiger partial charge is 0.232 e. The molecule has 0 aliphatic heterocycles. The van der Waals surface area contributed by atoms with Gasteiger partial charge in [0.2, 0.25) is 9.05 Å². The normalized spacial score (nSPS) is 11.8. The van der Waals surface area contributed by atoms with Gasteiger partial charge in [-0.3, -0.25) is 0 Å². The summed E-state index contributed by atoms with van der Waals surface area (Å²) >= 11 is 0. The van der Waals surface area contributed by atoms with E-state index in [1.807, 2.05) is 25.1 Å². The lowest BCUT2D eigenvalue weighted by molar-refractivity contribution is 0.313. The molecule has 0 fully saturated rings. The van der Waals surface area contributed by atoms with Crippen LogP contribution in [0.2, 0.25) is 0 Å². The third kappa shape index (κ3) is 5.27. The average Bonchev–Trinajstić information content (AvgIpc) is 2.22. The molecular weight excluding hydrogens is 272 g/mol. The number of benzene rings is 1. The molecule has 0 spiro atoms. The first-order valence-electron chi connectivity index (χ1n) is 5.95. The number of halogens is 1. The van der Waals surface area contributed by atoms with Crippen LogP contribution in [0.25, 0.3) is 0 Å². The maximum Gasteiger partial charge on any atom is 0.232 e. The molecule has 102 valence electrons. The standard InChI is InChI=1S/C13H19ClO3S/c1-10(2)12-6-5-11(3)9-13(12)17-7-4-8-18(14,15)16/h5-6,9-10H,4,7-8H2,1-3H3. The molecule has 18 heavy (non-hydrogen) atoms. The van der Waals surface area contributed by atoms with Crippen molar-refractivity contribution in [2.75, 3.05) is 12.4 Å². The van der Waals surface area contributed by atoms with E-state index in [2.05, 4.69) is 13.8 Å². The summed E-state index contributed by atoms with van der Waals surface area (Å²) in [5.74, 6) is 1.14. The summed E-state index contributed by atoms with van der Waals surface area (Å²) in [7, 11) is 1.72. The molecule has 0 saturated heterocycles. The number of aryl methyl sites for hydroxylation is 1. The first-order chi connectivity index (χ1) is 8.29. The highest BCUT2D eigenvalue weighted by atomic mass is 35.7. The van der Waals surface area contributed by atoms with Crippen molar-refractivity contribution in [3.63, 3.8) is 0 Å². The van der Waals surface area contributed by atoms with Gasteiger partial charge in [0.05, 0.1) is 12.4 Å². The minimum absolute atomic E-state index is 0.0582. The third-order valence-electron chi connectivity index (χ3n) is 2.58. The zero-order chi connectivity index (χ0) is 13.8. The Labute approximate surface area is 114 Å². The Bertz CT molecular complexity index is 495. The van der Waals surface area contributed by atoms with Gasteiger partial charge in [0, 0.05) is 10.7 Å². The van der Waals surface area contributed by atoms with Crippen molar-refractivity contribution in [3.8, 4) is 5.75 Å². The fourth-order valence-corrected chi connectivity index (χ4v) is 2.45. The van der Waals surface area contributed by atoms with E-state index in [0.717, 1.165) is 16.9 Å². The van der Waals surface area contributed by atoms with Crippen LogP contribution < -0.4 is 4.74 Å². The molecule has 0 amide bonds. The molecule has 1 aromatic carbocycles. The zero-order valence-corrected chi connectivity index (χ0v) is 12.5. The number of rotatable bonds is 6. The Morgan fingerprint density at radius 2 is 2.00 bits per heavy atom. The molecular formula is C13H19ClO3S. The van der Waals surface area contributed by atoms with E-state index >= 15 is 0 Å². The van der Waals surface area contributed by atoms with E-state index in [4.69, 9.17) is 15.4 Å². The van der Waals surface area contributed by atoms with E-state index < -0.39 is 9.05 Å². The van der Waals surface area contributed by atoms with E-state index in [1.54, 1.807) is 0 Å².